The fourth-order valence-corrected chi connectivity index (χ4v) is 1.97. The van der Waals surface area contributed by atoms with E-state index in [4.69, 9.17) is 16.3 Å². The summed E-state index contributed by atoms with van der Waals surface area (Å²) < 4.78 is 5.47. The van der Waals surface area contributed by atoms with Crippen molar-refractivity contribution >= 4 is 11.6 Å². The highest BCUT2D eigenvalue weighted by molar-refractivity contribution is 6.30. The van der Waals surface area contributed by atoms with E-state index in [0.717, 1.165) is 16.5 Å². The van der Waals surface area contributed by atoms with Gasteiger partial charge in [-0.1, -0.05) is 30.7 Å². The van der Waals surface area contributed by atoms with Crippen LogP contribution in [-0.4, -0.2) is 30.4 Å². The summed E-state index contributed by atoms with van der Waals surface area (Å²) in [4.78, 5) is 0. The van der Waals surface area contributed by atoms with E-state index in [1.165, 1.54) is 6.42 Å². The first-order valence-electron chi connectivity index (χ1n) is 6.39. The normalized spacial score (nSPS) is 23.9. The summed E-state index contributed by atoms with van der Waals surface area (Å²) in [6.45, 7) is 3.68. The minimum Gasteiger partial charge on any atom is -0.389 e. The number of aliphatic hydroxyl groups is 1. The first-order valence-corrected chi connectivity index (χ1v) is 6.76. The Kier molecular flexibility index (Phi) is 5.01. The summed E-state index contributed by atoms with van der Waals surface area (Å²) in [5, 5.41) is 13.8. The predicted octanol–water partition coefficient (Wildman–Crippen LogP) is 2.22. The topological polar surface area (TPSA) is 41.5 Å². The smallest absolute Gasteiger partial charge is 0.0897 e. The number of ether oxygens (including phenoxy) is 1. The van der Waals surface area contributed by atoms with Crippen molar-refractivity contribution in [3.8, 4) is 0 Å². The number of rotatable bonds is 7. The third kappa shape index (κ3) is 4.58. The Morgan fingerprint density at radius 1 is 1.44 bits per heavy atom. The lowest BCUT2D eigenvalue weighted by Crippen LogP contribution is -2.32. The standard InChI is InChI=1S/C14H20ClNO2/c1-10-6-14(10)16-7-13(17)9-18-8-11-2-4-12(15)5-3-11/h2-5,10,13-14,16-17H,6-9H2,1H3. The maximum absolute atomic E-state index is 9.73. The Bertz CT molecular complexity index is 369. The second-order valence-electron chi connectivity index (χ2n) is 5.02. The van der Waals surface area contributed by atoms with E-state index in [1.807, 2.05) is 24.3 Å². The summed E-state index contributed by atoms with van der Waals surface area (Å²) in [7, 11) is 0. The van der Waals surface area contributed by atoms with Gasteiger partial charge in [0, 0.05) is 17.6 Å². The van der Waals surface area contributed by atoms with Crippen LogP contribution >= 0.6 is 11.6 Å². The Hall–Kier alpha value is -0.610. The van der Waals surface area contributed by atoms with Crippen LogP contribution in [0.5, 0.6) is 0 Å². The van der Waals surface area contributed by atoms with Gasteiger partial charge in [-0.05, 0) is 30.0 Å². The molecule has 0 spiro atoms. The molecule has 2 N–H and O–H groups in total. The summed E-state index contributed by atoms with van der Waals surface area (Å²) in [5.74, 6) is 0.757. The Morgan fingerprint density at radius 3 is 2.72 bits per heavy atom. The van der Waals surface area contributed by atoms with E-state index in [1.54, 1.807) is 0 Å². The van der Waals surface area contributed by atoms with Gasteiger partial charge in [0.15, 0.2) is 0 Å². The van der Waals surface area contributed by atoms with Crippen molar-refractivity contribution in [2.24, 2.45) is 5.92 Å². The molecule has 1 aliphatic rings. The quantitative estimate of drug-likeness (QED) is 0.798. The van der Waals surface area contributed by atoms with Crippen molar-refractivity contribution in [2.45, 2.75) is 32.1 Å². The van der Waals surface area contributed by atoms with Crippen LogP contribution in [0.4, 0.5) is 0 Å². The number of nitrogens with one attached hydrogen (secondary N) is 1. The van der Waals surface area contributed by atoms with Crippen LogP contribution in [0.3, 0.4) is 0 Å². The van der Waals surface area contributed by atoms with Gasteiger partial charge in [-0.15, -0.1) is 0 Å². The summed E-state index contributed by atoms with van der Waals surface area (Å²) >= 11 is 5.80. The van der Waals surface area contributed by atoms with E-state index in [-0.39, 0.29) is 0 Å². The van der Waals surface area contributed by atoms with Gasteiger partial charge in [-0.25, -0.2) is 0 Å². The van der Waals surface area contributed by atoms with E-state index in [0.29, 0.717) is 25.8 Å². The lowest BCUT2D eigenvalue weighted by Gasteiger charge is -2.12. The van der Waals surface area contributed by atoms with Gasteiger partial charge in [0.05, 0.1) is 19.3 Å². The average Bonchev–Trinajstić information content (AvgIpc) is 3.05. The molecule has 0 saturated heterocycles. The van der Waals surface area contributed by atoms with E-state index in [9.17, 15) is 5.11 Å². The number of benzene rings is 1. The minimum atomic E-state index is -0.440. The highest BCUT2D eigenvalue weighted by Crippen LogP contribution is 2.28. The monoisotopic (exact) mass is 269 g/mol. The molecule has 0 heterocycles. The number of halogens is 1. The molecule has 1 aromatic carbocycles. The molecule has 0 amide bonds. The molecule has 0 aromatic heterocycles. The predicted molar refractivity (Wildman–Crippen MR) is 72.7 cm³/mol. The first-order chi connectivity index (χ1) is 8.65. The molecule has 2 rings (SSSR count). The fourth-order valence-electron chi connectivity index (χ4n) is 1.85. The van der Waals surface area contributed by atoms with Gasteiger partial charge in [0.1, 0.15) is 0 Å². The third-order valence-electron chi connectivity index (χ3n) is 3.22. The second-order valence-corrected chi connectivity index (χ2v) is 5.46. The molecule has 0 aliphatic heterocycles. The molecule has 1 aromatic rings. The van der Waals surface area contributed by atoms with Crippen molar-refractivity contribution in [3.63, 3.8) is 0 Å². The molecular formula is C14H20ClNO2. The first kappa shape index (κ1) is 13.8. The molecule has 1 aliphatic carbocycles. The van der Waals surface area contributed by atoms with E-state index in [2.05, 4.69) is 12.2 Å². The highest BCUT2D eigenvalue weighted by Gasteiger charge is 2.32. The van der Waals surface area contributed by atoms with Crippen LogP contribution in [0.25, 0.3) is 0 Å². The second kappa shape index (κ2) is 6.53. The van der Waals surface area contributed by atoms with Crippen LogP contribution in [0, 0.1) is 5.92 Å². The molecule has 0 radical (unpaired) electrons. The summed E-state index contributed by atoms with van der Waals surface area (Å²) in [6.07, 6.45) is 0.781. The van der Waals surface area contributed by atoms with Crippen LogP contribution < -0.4 is 5.32 Å². The zero-order chi connectivity index (χ0) is 13.0. The van der Waals surface area contributed by atoms with Gasteiger partial charge < -0.3 is 15.2 Å². The molecule has 3 atom stereocenters. The summed E-state index contributed by atoms with van der Waals surface area (Å²) in [6, 6.07) is 8.13. The fraction of sp³-hybridized carbons (Fsp3) is 0.571. The van der Waals surface area contributed by atoms with Gasteiger partial charge in [0.25, 0.3) is 0 Å². The summed E-state index contributed by atoms with van der Waals surface area (Å²) in [5.41, 5.74) is 1.07. The molecule has 1 saturated carbocycles. The van der Waals surface area contributed by atoms with Crippen LogP contribution in [0.1, 0.15) is 18.9 Å². The zero-order valence-corrected chi connectivity index (χ0v) is 11.4. The van der Waals surface area contributed by atoms with Crippen LogP contribution in [0.15, 0.2) is 24.3 Å². The molecule has 3 nitrogen and oxygen atoms in total. The molecule has 1 fully saturated rings. The number of hydrogen-bond acceptors (Lipinski definition) is 3. The molecule has 100 valence electrons. The molecular weight excluding hydrogens is 250 g/mol. The number of hydrogen-bond donors (Lipinski definition) is 2. The van der Waals surface area contributed by atoms with Gasteiger partial charge in [0.2, 0.25) is 0 Å². The van der Waals surface area contributed by atoms with Crippen molar-refractivity contribution in [2.75, 3.05) is 13.2 Å². The zero-order valence-electron chi connectivity index (χ0n) is 10.6. The van der Waals surface area contributed by atoms with E-state index >= 15 is 0 Å². The van der Waals surface area contributed by atoms with Crippen LogP contribution in [0.2, 0.25) is 5.02 Å². The van der Waals surface area contributed by atoms with Crippen molar-refractivity contribution in [1.29, 1.82) is 0 Å². The average molecular weight is 270 g/mol. The molecule has 4 heteroatoms. The van der Waals surface area contributed by atoms with E-state index < -0.39 is 6.10 Å². The molecule has 0 bridgehead atoms. The number of aliphatic hydroxyl groups excluding tert-OH is 1. The lowest BCUT2D eigenvalue weighted by molar-refractivity contribution is 0.0286. The van der Waals surface area contributed by atoms with Gasteiger partial charge in [-0.3, -0.25) is 0 Å². The Balaban J connectivity index is 1.58. The maximum atomic E-state index is 9.73. The Labute approximate surface area is 113 Å². The third-order valence-corrected chi connectivity index (χ3v) is 3.47. The molecule has 3 unspecified atom stereocenters. The highest BCUT2D eigenvalue weighted by atomic mass is 35.5. The SMILES string of the molecule is CC1CC1NCC(O)COCc1ccc(Cl)cc1. The molecule has 18 heavy (non-hydrogen) atoms. The van der Waals surface area contributed by atoms with Crippen molar-refractivity contribution < 1.29 is 9.84 Å². The minimum absolute atomic E-state index is 0.358. The Morgan fingerprint density at radius 2 is 2.11 bits per heavy atom. The van der Waals surface area contributed by atoms with Crippen LogP contribution in [-0.2, 0) is 11.3 Å². The maximum Gasteiger partial charge on any atom is 0.0897 e. The van der Waals surface area contributed by atoms with Crippen molar-refractivity contribution in [3.05, 3.63) is 34.9 Å². The van der Waals surface area contributed by atoms with Gasteiger partial charge in [-0.2, -0.15) is 0 Å². The van der Waals surface area contributed by atoms with Crippen molar-refractivity contribution in [1.82, 2.24) is 5.32 Å². The largest absolute Gasteiger partial charge is 0.389 e. The van der Waals surface area contributed by atoms with Gasteiger partial charge >= 0.3 is 0 Å². The lowest BCUT2D eigenvalue weighted by atomic mass is 10.2.